The highest BCUT2D eigenvalue weighted by atomic mass is 32.1. The fourth-order valence-electron chi connectivity index (χ4n) is 3.80. The Kier molecular flexibility index (Phi) is 8.85. The van der Waals surface area contributed by atoms with E-state index in [0.29, 0.717) is 34.9 Å². The van der Waals surface area contributed by atoms with Gasteiger partial charge in [-0.2, -0.15) is 0 Å². The zero-order valence-electron chi connectivity index (χ0n) is 21.3. The van der Waals surface area contributed by atoms with E-state index < -0.39 is 0 Å². The van der Waals surface area contributed by atoms with Crippen LogP contribution in [0.1, 0.15) is 37.4 Å². The van der Waals surface area contributed by atoms with Crippen molar-refractivity contribution in [1.82, 2.24) is 5.32 Å². The van der Waals surface area contributed by atoms with E-state index >= 15 is 0 Å². The number of carbonyl (C=O) groups excluding carboxylic acids is 2. The van der Waals surface area contributed by atoms with Crippen LogP contribution in [-0.2, 0) is 6.42 Å². The molecule has 2 amide bonds. The van der Waals surface area contributed by atoms with Crippen LogP contribution < -0.4 is 20.7 Å². The number of nitrogens with one attached hydrogen (secondary N) is 3. The molecule has 0 aromatic heterocycles. The third-order valence-electron chi connectivity index (χ3n) is 6.01. The Morgan fingerprint density at radius 2 is 1.53 bits per heavy atom. The van der Waals surface area contributed by atoms with E-state index in [1.807, 2.05) is 68.4 Å². The molecule has 0 aliphatic heterocycles. The molecule has 4 rings (SSSR count). The van der Waals surface area contributed by atoms with Crippen molar-refractivity contribution in [2.24, 2.45) is 0 Å². The minimum absolute atomic E-state index is 0.0804. The molecule has 4 aromatic rings. The summed E-state index contributed by atoms with van der Waals surface area (Å²) in [6.45, 7) is 4.51. The van der Waals surface area contributed by atoms with Gasteiger partial charge in [0.15, 0.2) is 5.11 Å². The van der Waals surface area contributed by atoms with Gasteiger partial charge in [-0.25, -0.2) is 0 Å². The number of amides is 2. The molecule has 0 aliphatic carbocycles. The van der Waals surface area contributed by atoms with Crippen molar-refractivity contribution < 1.29 is 14.3 Å². The van der Waals surface area contributed by atoms with E-state index in [-0.39, 0.29) is 16.9 Å². The van der Waals surface area contributed by atoms with Crippen LogP contribution in [0.3, 0.4) is 0 Å². The highest BCUT2D eigenvalue weighted by Gasteiger charge is 2.14. The molecule has 0 saturated carbocycles. The molecule has 0 unspecified atom stereocenters. The van der Waals surface area contributed by atoms with Crippen molar-refractivity contribution in [2.75, 3.05) is 17.2 Å². The van der Waals surface area contributed by atoms with Crippen LogP contribution in [0, 0.1) is 13.8 Å². The topological polar surface area (TPSA) is 79.5 Å². The first-order valence-corrected chi connectivity index (χ1v) is 12.7. The molecule has 7 heteroatoms. The SMILES string of the molecule is Cc1ccc(NC(=O)c2ccccc2NC(=S)NC(=O)c2cccc(OCCc3ccccc3)c2)cc1C. The molecule has 0 bridgehead atoms. The fraction of sp³-hybridized carbons (Fsp3) is 0.129. The van der Waals surface area contributed by atoms with Crippen LogP contribution in [0.2, 0.25) is 0 Å². The van der Waals surface area contributed by atoms with Gasteiger partial charge < -0.3 is 15.4 Å². The number of anilines is 2. The second-order valence-corrected chi connectivity index (χ2v) is 9.23. The van der Waals surface area contributed by atoms with E-state index in [9.17, 15) is 9.59 Å². The van der Waals surface area contributed by atoms with Gasteiger partial charge >= 0.3 is 0 Å². The van der Waals surface area contributed by atoms with Crippen LogP contribution in [0.5, 0.6) is 5.75 Å². The third-order valence-corrected chi connectivity index (χ3v) is 6.21. The molecule has 0 fully saturated rings. The molecule has 0 radical (unpaired) electrons. The molecular weight excluding hydrogens is 494 g/mol. The predicted octanol–water partition coefficient (Wildman–Crippen LogP) is 6.30. The lowest BCUT2D eigenvalue weighted by Gasteiger charge is -2.14. The molecule has 0 aliphatic rings. The number of hydrogen-bond acceptors (Lipinski definition) is 4. The van der Waals surface area contributed by atoms with Crippen LogP contribution in [0.25, 0.3) is 0 Å². The maximum absolute atomic E-state index is 13.0. The molecule has 3 N–H and O–H groups in total. The average molecular weight is 524 g/mol. The lowest BCUT2D eigenvalue weighted by molar-refractivity contribution is 0.0976. The first-order valence-electron chi connectivity index (χ1n) is 12.3. The van der Waals surface area contributed by atoms with Gasteiger partial charge in [0.2, 0.25) is 0 Å². The maximum atomic E-state index is 13.0. The van der Waals surface area contributed by atoms with Crippen molar-refractivity contribution in [3.8, 4) is 5.75 Å². The average Bonchev–Trinajstić information content (AvgIpc) is 2.92. The highest BCUT2D eigenvalue weighted by Crippen LogP contribution is 2.20. The van der Waals surface area contributed by atoms with E-state index in [4.69, 9.17) is 17.0 Å². The molecule has 192 valence electrons. The first-order chi connectivity index (χ1) is 18.4. The molecular formula is C31H29N3O3S. The third kappa shape index (κ3) is 7.27. The molecule has 38 heavy (non-hydrogen) atoms. The Morgan fingerprint density at radius 3 is 2.32 bits per heavy atom. The van der Waals surface area contributed by atoms with E-state index in [1.54, 1.807) is 42.5 Å². The second kappa shape index (κ2) is 12.7. The summed E-state index contributed by atoms with van der Waals surface area (Å²) in [4.78, 5) is 25.8. The van der Waals surface area contributed by atoms with Crippen LogP contribution in [0.4, 0.5) is 11.4 Å². The summed E-state index contributed by atoms with van der Waals surface area (Å²) in [5, 5.41) is 8.65. The van der Waals surface area contributed by atoms with Crippen molar-refractivity contribution >= 4 is 40.5 Å². The molecule has 0 heterocycles. The zero-order chi connectivity index (χ0) is 26.9. The van der Waals surface area contributed by atoms with Gasteiger partial charge in [-0.1, -0.05) is 54.6 Å². The Hall–Kier alpha value is -4.49. The van der Waals surface area contributed by atoms with Gasteiger partial charge in [-0.05, 0) is 85.2 Å². The van der Waals surface area contributed by atoms with Crippen molar-refractivity contribution in [1.29, 1.82) is 0 Å². The zero-order valence-corrected chi connectivity index (χ0v) is 22.1. The summed E-state index contributed by atoms with van der Waals surface area (Å²) in [5.41, 5.74) is 5.41. The summed E-state index contributed by atoms with van der Waals surface area (Å²) >= 11 is 5.37. The van der Waals surface area contributed by atoms with Gasteiger partial charge in [0.25, 0.3) is 11.8 Å². The number of ether oxygens (including phenoxy) is 1. The maximum Gasteiger partial charge on any atom is 0.257 e. The Morgan fingerprint density at radius 1 is 0.763 bits per heavy atom. The van der Waals surface area contributed by atoms with Gasteiger partial charge in [0, 0.05) is 17.7 Å². The summed E-state index contributed by atoms with van der Waals surface area (Å²) < 4.78 is 5.83. The van der Waals surface area contributed by atoms with Crippen LogP contribution in [0.15, 0.2) is 97.1 Å². The van der Waals surface area contributed by atoms with Crippen LogP contribution >= 0.6 is 12.2 Å². The predicted molar refractivity (Wildman–Crippen MR) is 156 cm³/mol. The van der Waals surface area contributed by atoms with Gasteiger partial charge in [-0.3, -0.25) is 14.9 Å². The van der Waals surface area contributed by atoms with Crippen molar-refractivity contribution in [3.05, 3.63) is 125 Å². The van der Waals surface area contributed by atoms with Crippen LogP contribution in [-0.4, -0.2) is 23.5 Å². The lowest BCUT2D eigenvalue weighted by Crippen LogP contribution is -2.34. The largest absolute Gasteiger partial charge is 0.493 e. The Labute approximate surface area is 228 Å². The van der Waals surface area contributed by atoms with Gasteiger partial charge in [0.1, 0.15) is 5.75 Å². The second-order valence-electron chi connectivity index (χ2n) is 8.82. The van der Waals surface area contributed by atoms with E-state index in [0.717, 1.165) is 17.5 Å². The summed E-state index contributed by atoms with van der Waals surface area (Å²) in [6, 6.07) is 29.7. The standard InChI is InChI=1S/C31H29N3O3S/c1-21-15-16-25(19-22(21)2)32-30(36)27-13-6-7-14-28(27)33-31(38)34-29(35)24-11-8-12-26(20-24)37-18-17-23-9-4-3-5-10-23/h3-16,19-20H,17-18H2,1-2H3,(H,32,36)(H2,33,34,35,38). The number of carbonyl (C=O) groups is 2. The van der Waals surface area contributed by atoms with Crippen molar-refractivity contribution in [2.45, 2.75) is 20.3 Å². The first kappa shape index (κ1) is 26.6. The molecule has 0 saturated heterocycles. The lowest BCUT2D eigenvalue weighted by atomic mass is 10.1. The normalized spacial score (nSPS) is 10.4. The number of thiocarbonyl (C=S) groups is 1. The quantitative estimate of drug-likeness (QED) is 0.236. The number of para-hydroxylation sites is 1. The van der Waals surface area contributed by atoms with Crippen molar-refractivity contribution in [3.63, 3.8) is 0 Å². The highest BCUT2D eigenvalue weighted by molar-refractivity contribution is 7.80. The summed E-state index contributed by atoms with van der Waals surface area (Å²) in [6.07, 6.45) is 0.766. The van der Waals surface area contributed by atoms with E-state index in [1.165, 1.54) is 5.56 Å². The summed E-state index contributed by atoms with van der Waals surface area (Å²) in [7, 11) is 0. The van der Waals surface area contributed by atoms with Gasteiger partial charge in [0.05, 0.1) is 17.9 Å². The number of hydrogen-bond donors (Lipinski definition) is 3. The number of rotatable bonds is 8. The minimum atomic E-state index is -0.381. The minimum Gasteiger partial charge on any atom is -0.493 e. The monoisotopic (exact) mass is 523 g/mol. The fourth-order valence-corrected chi connectivity index (χ4v) is 4.00. The van der Waals surface area contributed by atoms with E-state index in [2.05, 4.69) is 16.0 Å². The Bertz CT molecular complexity index is 1450. The molecule has 0 spiro atoms. The smallest absolute Gasteiger partial charge is 0.257 e. The Balaban J connectivity index is 1.35. The number of benzene rings is 4. The summed E-state index contributed by atoms with van der Waals surface area (Å²) in [5.74, 6) is -0.0697. The molecule has 6 nitrogen and oxygen atoms in total. The van der Waals surface area contributed by atoms with Gasteiger partial charge in [-0.15, -0.1) is 0 Å². The number of aryl methyl sites for hydroxylation is 2. The molecule has 0 atom stereocenters. The molecule has 4 aromatic carbocycles.